The van der Waals surface area contributed by atoms with Gasteiger partial charge in [0.1, 0.15) is 22.9 Å². The molecule has 0 saturated carbocycles. The van der Waals surface area contributed by atoms with Crippen molar-refractivity contribution >= 4 is 17.0 Å². The number of hydrogen-bond acceptors (Lipinski definition) is 6. The lowest BCUT2D eigenvalue weighted by molar-refractivity contribution is 0.414. The Hall–Kier alpha value is -3.88. The van der Waals surface area contributed by atoms with Crippen LogP contribution in [0.4, 0.5) is 5.82 Å². The molecule has 1 aromatic carbocycles. The molecule has 0 aliphatic carbocycles. The predicted octanol–water partition coefficient (Wildman–Crippen LogP) is 1.62. The molecule has 0 unspecified atom stereocenters. The van der Waals surface area contributed by atoms with E-state index in [0.717, 1.165) is 11.3 Å². The number of rotatable bonds is 5. The summed E-state index contributed by atoms with van der Waals surface area (Å²) in [6.45, 7) is 0.602. The molecule has 4 N–H and O–H groups in total. The molecular formula is C18H16N6O3. The zero-order chi connectivity index (χ0) is 18.8. The van der Waals surface area contributed by atoms with E-state index in [2.05, 4.69) is 30.2 Å². The van der Waals surface area contributed by atoms with Crippen molar-refractivity contribution < 1.29 is 4.74 Å². The predicted molar refractivity (Wildman–Crippen MR) is 101 cm³/mol. The lowest BCUT2D eigenvalue weighted by Crippen LogP contribution is -2.21. The van der Waals surface area contributed by atoms with Crippen LogP contribution in [0.1, 0.15) is 5.56 Å². The van der Waals surface area contributed by atoms with Crippen LogP contribution < -0.4 is 21.3 Å². The van der Waals surface area contributed by atoms with E-state index in [4.69, 9.17) is 4.74 Å². The summed E-state index contributed by atoms with van der Waals surface area (Å²) in [7, 11) is 1.63. The summed E-state index contributed by atoms with van der Waals surface area (Å²) >= 11 is 0. The summed E-state index contributed by atoms with van der Waals surface area (Å²) in [4.78, 5) is 39.3. The highest BCUT2D eigenvalue weighted by Crippen LogP contribution is 2.19. The van der Waals surface area contributed by atoms with Crippen molar-refractivity contribution in [1.82, 2.24) is 24.9 Å². The molecule has 27 heavy (non-hydrogen) atoms. The van der Waals surface area contributed by atoms with Crippen LogP contribution in [0.5, 0.6) is 5.75 Å². The van der Waals surface area contributed by atoms with Crippen LogP contribution in [0.25, 0.3) is 22.6 Å². The number of ether oxygens (including phenoxy) is 1. The molecule has 0 radical (unpaired) electrons. The monoisotopic (exact) mass is 364 g/mol. The van der Waals surface area contributed by atoms with Crippen LogP contribution in [0, 0.1) is 0 Å². The molecule has 136 valence electrons. The third-order valence-electron chi connectivity index (χ3n) is 4.03. The van der Waals surface area contributed by atoms with Crippen molar-refractivity contribution in [2.75, 3.05) is 12.4 Å². The number of aromatic amines is 3. The number of imidazole rings is 1. The molecule has 4 aromatic rings. The van der Waals surface area contributed by atoms with Crippen LogP contribution >= 0.6 is 0 Å². The Kier molecular flexibility index (Phi) is 4.17. The Morgan fingerprint density at radius 3 is 2.78 bits per heavy atom. The molecular weight excluding hydrogens is 348 g/mol. The van der Waals surface area contributed by atoms with Gasteiger partial charge in [0, 0.05) is 18.3 Å². The number of fused-ring (bicyclic) bond motifs is 1. The van der Waals surface area contributed by atoms with E-state index < -0.39 is 11.2 Å². The number of methoxy groups -OCH3 is 1. The molecule has 3 aromatic heterocycles. The van der Waals surface area contributed by atoms with E-state index in [1.54, 1.807) is 13.3 Å². The zero-order valence-corrected chi connectivity index (χ0v) is 14.4. The fraction of sp³-hybridized carbons (Fsp3) is 0.111. The van der Waals surface area contributed by atoms with Gasteiger partial charge in [0.2, 0.25) is 0 Å². The van der Waals surface area contributed by atoms with Gasteiger partial charge in [-0.3, -0.25) is 14.8 Å². The van der Waals surface area contributed by atoms with Gasteiger partial charge in [0.15, 0.2) is 5.65 Å². The highest BCUT2D eigenvalue weighted by atomic mass is 16.5. The third kappa shape index (κ3) is 3.43. The van der Waals surface area contributed by atoms with Crippen molar-refractivity contribution in [2.45, 2.75) is 6.54 Å². The molecule has 0 atom stereocenters. The van der Waals surface area contributed by atoms with Gasteiger partial charge < -0.3 is 15.0 Å². The maximum absolute atomic E-state index is 11.8. The lowest BCUT2D eigenvalue weighted by atomic mass is 10.2. The zero-order valence-electron chi connectivity index (χ0n) is 14.4. The maximum atomic E-state index is 11.8. The number of H-pyrrole nitrogens is 3. The minimum absolute atomic E-state index is 0.207. The standard InChI is InChI=1S/C18H16N6O3/c1-27-12-4-2-3-10(7-12)8-19-13-6-5-11(9-20-13)15-21-14-16(22-15)23-18(26)24-17(14)25/h2-7,9H,8H2,1H3,(H,19,20)(H3,21,22,23,24,25,26). The summed E-state index contributed by atoms with van der Waals surface area (Å²) in [5.74, 6) is 1.95. The van der Waals surface area contributed by atoms with E-state index >= 15 is 0 Å². The first-order valence-electron chi connectivity index (χ1n) is 8.18. The van der Waals surface area contributed by atoms with Gasteiger partial charge in [-0.1, -0.05) is 12.1 Å². The first-order valence-corrected chi connectivity index (χ1v) is 8.18. The van der Waals surface area contributed by atoms with Gasteiger partial charge in [-0.25, -0.2) is 14.8 Å². The molecule has 4 rings (SSSR count). The molecule has 9 nitrogen and oxygen atoms in total. The molecule has 0 amide bonds. The fourth-order valence-corrected chi connectivity index (χ4v) is 2.68. The minimum Gasteiger partial charge on any atom is -0.497 e. The minimum atomic E-state index is -0.597. The number of anilines is 1. The van der Waals surface area contributed by atoms with Gasteiger partial charge in [-0.2, -0.15) is 0 Å². The van der Waals surface area contributed by atoms with Crippen LogP contribution in [-0.4, -0.2) is 32.0 Å². The summed E-state index contributed by atoms with van der Waals surface area (Å²) in [6.07, 6.45) is 1.64. The average molecular weight is 364 g/mol. The number of hydrogen-bond donors (Lipinski definition) is 4. The second kappa shape index (κ2) is 6.79. The summed E-state index contributed by atoms with van der Waals surface area (Å²) < 4.78 is 5.21. The lowest BCUT2D eigenvalue weighted by Gasteiger charge is -2.07. The number of pyridine rings is 1. The van der Waals surface area contributed by atoms with Crippen molar-refractivity contribution in [3.8, 4) is 17.1 Å². The molecule has 0 aliphatic rings. The first kappa shape index (κ1) is 16.6. The second-order valence-electron chi connectivity index (χ2n) is 5.85. The maximum Gasteiger partial charge on any atom is 0.327 e. The summed E-state index contributed by atoms with van der Waals surface area (Å²) in [6, 6.07) is 11.4. The van der Waals surface area contributed by atoms with Crippen LogP contribution in [0.15, 0.2) is 52.2 Å². The third-order valence-corrected chi connectivity index (χ3v) is 4.03. The van der Waals surface area contributed by atoms with Gasteiger partial charge in [-0.05, 0) is 29.8 Å². The number of nitrogens with one attached hydrogen (secondary N) is 4. The molecule has 3 heterocycles. The Balaban J connectivity index is 1.53. The van der Waals surface area contributed by atoms with Crippen LogP contribution in [-0.2, 0) is 6.54 Å². The van der Waals surface area contributed by atoms with Crippen molar-refractivity contribution in [1.29, 1.82) is 0 Å². The Morgan fingerprint density at radius 2 is 2.00 bits per heavy atom. The summed E-state index contributed by atoms with van der Waals surface area (Å²) in [5, 5.41) is 3.23. The second-order valence-corrected chi connectivity index (χ2v) is 5.85. The number of benzene rings is 1. The largest absolute Gasteiger partial charge is 0.497 e. The molecule has 9 heteroatoms. The highest BCUT2D eigenvalue weighted by Gasteiger charge is 2.09. The van der Waals surface area contributed by atoms with Crippen molar-refractivity contribution in [3.05, 3.63) is 69.0 Å². The fourth-order valence-electron chi connectivity index (χ4n) is 2.68. The molecule has 0 spiro atoms. The number of aromatic nitrogens is 5. The Bertz CT molecular complexity index is 1210. The Morgan fingerprint density at radius 1 is 1.11 bits per heavy atom. The van der Waals surface area contributed by atoms with E-state index in [9.17, 15) is 9.59 Å². The van der Waals surface area contributed by atoms with Crippen molar-refractivity contribution in [3.63, 3.8) is 0 Å². The molecule has 0 saturated heterocycles. The van der Waals surface area contributed by atoms with E-state index in [0.29, 0.717) is 23.8 Å². The molecule has 0 bridgehead atoms. The van der Waals surface area contributed by atoms with Gasteiger partial charge >= 0.3 is 5.69 Å². The van der Waals surface area contributed by atoms with Gasteiger partial charge in [0.25, 0.3) is 5.56 Å². The van der Waals surface area contributed by atoms with E-state index in [-0.39, 0.29) is 11.2 Å². The SMILES string of the molecule is COc1cccc(CNc2ccc(-c3nc4[nH]c(=O)[nH]c(=O)c4[nH]3)cn2)c1. The van der Waals surface area contributed by atoms with Crippen molar-refractivity contribution in [2.24, 2.45) is 0 Å². The summed E-state index contributed by atoms with van der Waals surface area (Å²) in [5.41, 5.74) is 1.07. The molecule has 0 aliphatic heterocycles. The molecule has 0 fully saturated rings. The van der Waals surface area contributed by atoms with E-state index in [1.807, 2.05) is 36.4 Å². The topological polar surface area (TPSA) is 129 Å². The van der Waals surface area contributed by atoms with Gasteiger partial charge in [0.05, 0.1) is 7.11 Å². The van der Waals surface area contributed by atoms with E-state index in [1.165, 1.54) is 0 Å². The quantitative estimate of drug-likeness (QED) is 0.426. The number of nitrogens with zero attached hydrogens (tertiary/aromatic N) is 2. The normalized spacial score (nSPS) is 10.9. The Labute approximate surface area is 152 Å². The first-order chi connectivity index (χ1) is 13.1. The van der Waals surface area contributed by atoms with Crippen LogP contribution in [0.2, 0.25) is 0 Å². The van der Waals surface area contributed by atoms with Gasteiger partial charge in [-0.15, -0.1) is 0 Å². The smallest absolute Gasteiger partial charge is 0.327 e. The highest BCUT2D eigenvalue weighted by molar-refractivity contribution is 5.74. The average Bonchev–Trinajstić information content (AvgIpc) is 3.11. The van der Waals surface area contributed by atoms with Crippen LogP contribution in [0.3, 0.4) is 0 Å².